The van der Waals surface area contributed by atoms with Gasteiger partial charge in [-0.3, -0.25) is 9.55 Å². The van der Waals surface area contributed by atoms with Crippen LogP contribution in [0.1, 0.15) is 50.0 Å². The van der Waals surface area contributed by atoms with E-state index in [2.05, 4.69) is 29.1 Å². The molecule has 0 aromatic carbocycles. The molecular formula is C15H21N5. The first-order chi connectivity index (χ1) is 9.75. The molecule has 0 bridgehead atoms. The summed E-state index contributed by atoms with van der Waals surface area (Å²) in [7, 11) is 0. The minimum absolute atomic E-state index is 0.367. The molecule has 106 valence electrons. The van der Waals surface area contributed by atoms with E-state index in [1.165, 1.54) is 12.8 Å². The molecule has 1 fully saturated rings. The molecule has 0 aliphatic carbocycles. The molecular weight excluding hydrogens is 250 g/mol. The fourth-order valence-electron chi connectivity index (χ4n) is 2.72. The quantitative estimate of drug-likeness (QED) is 0.930. The first-order valence-corrected chi connectivity index (χ1v) is 7.32. The molecule has 1 aliphatic heterocycles. The van der Waals surface area contributed by atoms with Gasteiger partial charge in [-0.1, -0.05) is 13.8 Å². The minimum Gasteiger partial charge on any atom is -0.316 e. The molecule has 20 heavy (non-hydrogen) atoms. The van der Waals surface area contributed by atoms with Crippen LogP contribution in [0.25, 0.3) is 5.82 Å². The molecule has 1 atom stereocenters. The zero-order chi connectivity index (χ0) is 13.9. The third kappa shape index (κ3) is 2.58. The Kier molecular flexibility index (Phi) is 3.78. The van der Waals surface area contributed by atoms with Gasteiger partial charge in [-0.05, 0) is 19.4 Å². The molecule has 0 amide bonds. The van der Waals surface area contributed by atoms with Gasteiger partial charge in [-0.25, -0.2) is 9.97 Å². The van der Waals surface area contributed by atoms with Crippen molar-refractivity contribution in [3.63, 3.8) is 0 Å². The van der Waals surface area contributed by atoms with E-state index in [1.54, 1.807) is 0 Å². The Hall–Kier alpha value is -1.75. The van der Waals surface area contributed by atoms with Crippen molar-refractivity contribution in [2.24, 2.45) is 0 Å². The Bertz CT molecular complexity index is 569. The Morgan fingerprint density at radius 3 is 3.00 bits per heavy atom. The van der Waals surface area contributed by atoms with Crippen LogP contribution in [0.5, 0.6) is 0 Å². The summed E-state index contributed by atoms with van der Waals surface area (Å²) in [4.78, 5) is 13.6. The Balaban J connectivity index is 1.92. The Labute approximate surface area is 119 Å². The molecule has 0 unspecified atom stereocenters. The number of nitrogens with zero attached hydrogens (tertiary/aromatic N) is 4. The molecule has 1 aliphatic rings. The second-order valence-electron chi connectivity index (χ2n) is 5.66. The van der Waals surface area contributed by atoms with Gasteiger partial charge in [0, 0.05) is 37.0 Å². The Morgan fingerprint density at radius 1 is 1.35 bits per heavy atom. The van der Waals surface area contributed by atoms with Crippen molar-refractivity contribution in [2.75, 3.05) is 13.1 Å². The molecule has 0 radical (unpaired) electrons. The maximum atomic E-state index is 4.80. The van der Waals surface area contributed by atoms with Crippen molar-refractivity contribution in [1.29, 1.82) is 0 Å². The first kappa shape index (κ1) is 13.2. The third-order valence-electron chi connectivity index (χ3n) is 3.79. The molecule has 2 aromatic rings. The lowest BCUT2D eigenvalue weighted by atomic mass is 9.96. The molecule has 0 saturated carbocycles. The van der Waals surface area contributed by atoms with Crippen molar-refractivity contribution >= 4 is 0 Å². The second-order valence-corrected chi connectivity index (χ2v) is 5.66. The van der Waals surface area contributed by atoms with Crippen LogP contribution in [-0.2, 0) is 0 Å². The molecule has 3 rings (SSSR count). The van der Waals surface area contributed by atoms with Gasteiger partial charge in [0.1, 0.15) is 5.82 Å². The van der Waals surface area contributed by atoms with Crippen molar-refractivity contribution in [3.8, 4) is 5.82 Å². The summed E-state index contributed by atoms with van der Waals surface area (Å²) in [6.07, 6.45) is 9.89. The van der Waals surface area contributed by atoms with Crippen molar-refractivity contribution < 1.29 is 0 Å². The van der Waals surface area contributed by atoms with Crippen LogP contribution in [0.4, 0.5) is 0 Å². The molecule has 5 nitrogen and oxygen atoms in total. The lowest BCUT2D eigenvalue weighted by molar-refractivity contribution is 0.453. The van der Waals surface area contributed by atoms with Gasteiger partial charge in [0.25, 0.3) is 0 Å². The molecule has 2 aromatic heterocycles. The van der Waals surface area contributed by atoms with Crippen molar-refractivity contribution in [2.45, 2.75) is 38.5 Å². The lowest BCUT2D eigenvalue weighted by Gasteiger charge is -2.22. The van der Waals surface area contributed by atoms with Crippen LogP contribution in [-0.4, -0.2) is 32.6 Å². The van der Waals surface area contributed by atoms with E-state index >= 15 is 0 Å². The van der Waals surface area contributed by atoms with Crippen LogP contribution in [0.3, 0.4) is 0 Å². The summed E-state index contributed by atoms with van der Waals surface area (Å²) < 4.78 is 2.04. The van der Waals surface area contributed by atoms with E-state index < -0.39 is 0 Å². The fraction of sp³-hybridized carbons (Fsp3) is 0.533. The molecule has 1 saturated heterocycles. The number of aromatic nitrogens is 4. The largest absolute Gasteiger partial charge is 0.316 e. The van der Waals surface area contributed by atoms with Gasteiger partial charge in [-0.2, -0.15) is 0 Å². The number of piperidine rings is 1. The third-order valence-corrected chi connectivity index (χ3v) is 3.79. The van der Waals surface area contributed by atoms with Gasteiger partial charge in [-0.15, -0.1) is 0 Å². The number of hydrogen-bond acceptors (Lipinski definition) is 4. The van der Waals surface area contributed by atoms with Gasteiger partial charge in [0.15, 0.2) is 5.82 Å². The van der Waals surface area contributed by atoms with E-state index in [0.29, 0.717) is 11.8 Å². The smallest absolute Gasteiger partial charge is 0.156 e. The van der Waals surface area contributed by atoms with E-state index in [9.17, 15) is 0 Å². The summed E-state index contributed by atoms with van der Waals surface area (Å²) in [5, 5.41) is 3.43. The van der Waals surface area contributed by atoms with Crippen LogP contribution in [0.15, 0.2) is 24.8 Å². The standard InChI is InChI=1S/C15H21N5/c1-11(2)15-18-6-7-20(15)14-10-17-9-13(19-14)12-4-3-5-16-8-12/h6-7,9-12,16H,3-5,8H2,1-2H3/t12-/m1/s1. The van der Waals surface area contributed by atoms with E-state index in [0.717, 1.165) is 30.4 Å². The number of rotatable bonds is 3. The fourth-order valence-corrected chi connectivity index (χ4v) is 2.72. The summed E-state index contributed by atoms with van der Waals surface area (Å²) in [5.74, 6) is 2.74. The predicted octanol–water partition coefficient (Wildman–Crippen LogP) is 2.25. The normalized spacial score (nSPS) is 19.4. The van der Waals surface area contributed by atoms with E-state index in [-0.39, 0.29) is 0 Å². The average molecular weight is 271 g/mol. The van der Waals surface area contributed by atoms with Gasteiger partial charge < -0.3 is 5.32 Å². The maximum absolute atomic E-state index is 4.80. The highest BCUT2D eigenvalue weighted by Crippen LogP contribution is 2.22. The topological polar surface area (TPSA) is 55.6 Å². The zero-order valence-electron chi connectivity index (χ0n) is 12.1. The number of imidazole rings is 1. The second kappa shape index (κ2) is 5.71. The van der Waals surface area contributed by atoms with Crippen molar-refractivity contribution in [3.05, 3.63) is 36.3 Å². The molecule has 0 spiro atoms. The Morgan fingerprint density at radius 2 is 2.25 bits per heavy atom. The van der Waals surface area contributed by atoms with Gasteiger partial charge in [0.2, 0.25) is 0 Å². The van der Waals surface area contributed by atoms with Crippen LogP contribution in [0, 0.1) is 0 Å². The molecule has 1 N–H and O–H groups in total. The number of nitrogens with one attached hydrogen (secondary N) is 1. The van der Waals surface area contributed by atoms with Crippen LogP contribution < -0.4 is 5.32 Å². The molecule has 3 heterocycles. The molecule has 5 heteroatoms. The summed E-state index contributed by atoms with van der Waals surface area (Å²) in [5.41, 5.74) is 1.08. The minimum atomic E-state index is 0.367. The maximum Gasteiger partial charge on any atom is 0.156 e. The van der Waals surface area contributed by atoms with Gasteiger partial charge >= 0.3 is 0 Å². The lowest BCUT2D eigenvalue weighted by Crippen LogP contribution is -2.29. The first-order valence-electron chi connectivity index (χ1n) is 7.32. The van der Waals surface area contributed by atoms with Crippen molar-refractivity contribution in [1.82, 2.24) is 24.8 Å². The monoisotopic (exact) mass is 271 g/mol. The van der Waals surface area contributed by atoms with Gasteiger partial charge in [0.05, 0.1) is 11.9 Å². The summed E-state index contributed by atoms with van der Waals surface area (Å²) in [6, 6.07) is 0. The highest BCUT2D eigenvalue weighted by atomic mass is 15.1. The highest BCUT2D eigenvalue weighted by Gasteiger charge is 2.18. The average Bonchev–Trinajstić information content (AvgIpc) is 2.98. The van der Waals surface area contributed by atoms with E-state index in [4.69, 9.17) is 4.98 Å². The number of hydrogen-bond donors (Lipinski definition) is 1. The summed E-state index contributed by atoms with van der Waals surface area (Å²) >= 11 is 0. The van der Waals surface area contributed by atoms with E-state index in [1.807, 2.05) is 29.4 Å². The highest BCUT2D eigenvalue weighted by molar-refractivity contribution is 5.25. The SMILES string of the molecule is CC(C)c1nccn1-c1cncc([C@@H]2CCCNC2)n1. The summed E-state index contributed by atoms with van der Waals surface area (Å²) in [6.45, 7) is 6.39. The zero-order valence-corrected chi connectivity index (χ0v) is 12.1. The predicted molar refractivity (Wildman–Crippen MR) is 78.1 cm³/mol. The van der Waals surface area contributed by atoms with Crippen LogP contribution in [0.2, 0.25) is 0 Å². The van der Waals surface area contributed by atoms with Crippen LogP contribution >= 0.6 is 0 Å².